The van der Waals surface area contributed by atoms with Crippen LogP contribution in [0.25, 0.3) is 0 Å². The molecule has 0 aliphatic heterocycles. The van der Waals surface area contributed by atoms with Crippen LogP contribution in [0.15, 0.2) is 28.7 Å². The van der Waals surface area contributed by atoms with Crippen LogP contribution in [0.1, 0.15) is 41.9 Å². The van der Waals surface area contributed by atoms with Crippen molar-refractivity contribution in [1.29, 1.82) is 0 Å². The second kappa shape index (κ2) is 7.12. The van der Waals surface area contributed by atoms with E-state index in [1.54, 1.807) is 11.3 Å². The van der Waals surface area contributed by atoms with Gasteiger partial charge in [0, 0.05) is 10.9 Å². The largest absolute Gasteiger partial charge is 0.308 e. The number of hydrogen-bond acceptors (Lipinski definition) is 4. The first-order chi connectivity index (χ1) is 9.22. The molecule has 102 valence electrons. The van der Waals surface area contributed by atoms with Crippen molar-refractivity contribution in [3.63, 3.8) is 0 Å². The summed E-state index contributed by atoms with van der Waals surface area (Å²) in [6.45, 7) is 5.24. The molecule has 1 aromatic heterocycles. The van der Waals surface area contributed by atoms with Crippen molar-refractivity contribution >= 4 is 27.3 Å². The molecule has 0 aliphatic carbocycles. The molecule has 2 aromatic rings. The average molecular weight is 340 g/mol. The molecule has 1 heterocycles. The van der Waals surface area contributed by atoms with Gasteiger partial charge in [0.1, 0.15) is 10.0 Å². The minimum absolute atomic E-state index is 0.332. The standard InChI is InChI=1S/C14H18BrN3S/c1-3-12(16-4-2)14-18-17-13(19-14)9-10-6-5-7-11(15)8-10/h5-8,12,16H,3-4,9H2,1-2H3. The molecule has 1 atom stereocenters. The molecule has 5 heteroatoms. The van der Waals surface area contributed by atoms with E-state index in [9.17, 15) is 0 Å². The average Bonchev–Trinajstić information content (AvgIpc) is 2.84. The molecule has 0 fully saturated rings. The lowest BCUT2D eigenvalue weighted by Crippen LogP contribution is -2.19. The first-order valence-electron chi connectivity index (χ1n) is 6.53. The van der Waals surface area contributed by atoms with Gasteiger partial charge < -0.3 is 5.32 Å². The number of aromatic nitrogens is 2. The summed E-state index contributed by atoms with van der Waals surface area (Å²) in [7, 11) is 0. The van der Waals surface area contributed by atoms with Crippen molar-refractivity contribution in [3.8, 4) is 0 Å². The zero-order valence-electron chi connectivity index (χ0n) is 11.2. The molecular weight excluding hydrogens is 322 g/mol. The summed E-state index contributed by atoms with van der Waals surface area (Å²) >= 11 is 5.20. The lowest BCUT2D eigenvalue weighted by Gasteiger charge is -2.10. The molecule has 2 rings (SSSR count). The Bertz CT molecular complexity index is 527. The first-order valence-corrected chi connectivity index (χ1v) is 8.14. The molecule has 0 saturated heterocycles. The Labute approximate surface area is 126 Å². The number of hydrogen-bond donors (Lipinski definition) is 1. The third kappa shape index (κ3) is 4.09. The van der Waals surface area contributed by atoms with Crippen LogP contribution in [0.3, 0.4) is 0 Å². The lowest BCUT2D eigenvalue weighted by molar-refractivity contribution is 0.531. The molecule has 3 nitrogen and oxygen atoms in total. The summed E-state index contributed by atoms with van der Waals surface area (Å²) in [6, 6.07) is 8.66. The van der Waals surface area contributed by atoms with E-state index in [1.807, 2.05) is 6.07 Å². The van der Waals surface area contributed by atoms with Crippen LogP contribution in [-0.4, -0.2) is 16.7 Å². The molecule has 0 amide bonds. The van der Waals surface area contributed by atoms with Crippen LogP contribution in [0.2, 0.25) is 0 Å². The van der Waals surface area contributed by atoms with Gasteiger partial charge in [-0.3, -0.25) is 0 Å². The summed E-state index contributed by atoms with van der Waals surface area (Å²) in [5, 5.41) is 14.2. The molecule has 19 heavy (non-hydrogen) atoms. The highest BCUT2D eigenvalue weighted by Crippen LogP contribution is 2.23. The zero-order chi connectivity index (χ0) is 13.7. The molecule has 1 unspecified atom stereocenters. The smallest absolute Gasteiger partial charge is 0.134 e. The Morgan fingerprint density at radius 1 is 1.32 bits per heavy atom. The van der Waals surface area contributed by atoms with Crippen LogP contribution in [0, 0.1) is 0 Å². The maximum Gasteiger partial charge on any atom is 0.134 e. The van der Waals surface area contributed by atoms with Crippen LogP contribution in [0.4, 0.5) is 0 Å². The van der Waals surface area contributed by atoms with Crippen LogP contribution < -0.4 is 5.32 Å². The Morgan fingerprint density at radius 3 is 2.84 bits per heavy atom. The number of nitrogens with one attached hydrogen (secondary N) is 1. The van der Waals surface area contributed by atoms with Crippen molar-refractivity contribution in [2.24, 2.45) is 0 Å². The maximum absolute atomic E-state index is 4.32. The summed E-state index contributed by atoms with van der Waals surface area (Å²) in [4.78, 5) is 0. The highest BCUT2D eigenvalue weighted by Gasteiger charge is 2.13. The van der Waals surface area contributed by atoms with Gasteiger partial charge in [0.05, 0.1) is 6.04 Å². The minimum atomic E-state index is 0.332. The molecule has 0 bridgehead atoms. The normalized spacial score (nSPS) is 12.6. The highest BCUT2D eigenvalue weighted by molar-refractivity contribution is 9.10. The molecule has 0 saturated carbocycles. The third-order valence-corrected chi connectivity index (χ3v) is 4.41. The quantitative estimate of drug-likeness (QED) is 0.865. The molecule has 1 aromatic carbocycles. The number of benzene rings is 1. The van der Waals surface area contributed by atoms with Crippen molar-refractivity contribution in [2.75, 3.05) is 6.54 Å². The van der Waals surface area contributed by atoms with Gasteiger partial charge in [-0.25, -0.2) is 0 Å². The number of halogens is 1. The van der Waals surface area contributed by atoms with Gasteiger partial charge >= 0.3 is 0 Å². The van der Waals surface area contributed by atoms with Gasteiger partial charge in [-0.15, -0.1) is 10.2 Å². The van der Waals surface area contributed by atoms with E-state index in [2.05, 4.69) is 63.5 Å². The van der Waals surface area contributed by atoms with Crippen molar-refractivity contribution in [1.82, 2.24) is 15.5 Å². The van der Waals surface area contributed by atoms with E-state index in [-0.39, 0.29) is 0 Å². The van der Waals surface area contributed by atoms with Crippen LogP contribution in [0.5, 0.6) is 0 Å². The van der Waals surface area contributed by atoms with Gasteiger partial charge in [0.15, 0.2) is 0 Å². The topological polar surface area (TPSA) is 37.8 Å². The van der Waals surface area contributed by atoms with E-state index >= 15 is 0 Å². The predicted octanol–water partition coefficient (Wildman–Crippen LogP) is 3.95. The van der Waals surface area contributed by atoms with E-state index in [0.717, 1.165) is 33.9 Å². The number of rotatable bonds is 6. The second-order valence-corrected chi connectivity index (χ2v) is 6.37. The molecule has 0 aliphatic rings. The Hall–Kier alpha value is -0.780. The number of nitrogens with zero attached hydrogens (tertiary/aromatic N) is 2. The second-order valence-electron chi connectivity index (χ2n) is 4.36. The fourth-order valence-corrected chi connectivity index (χ4v) is 3.44. The summed E-state index contributed by atoms with van der Waals surface area (Å²) in [6.07, 6.45) is 1.89. The fourth-order valence-electron chi connectivity index (χ4n) is 1.95. The van der Waals surface area contributed by atoms with E-state index in [4.69, 9.17) is 0 Å². The fraction of sp³-hybridized carbons (Fsp3) is 0.429. The van der Waals surface area contributed by atoms with Crippen molar-refractivity contribution in [2.45, 2.75) is 32.7 Å². The van der Waals surface area contributed by atoms with Crippen molar-refractivity contribution in [3.05, 3.63) is 44.3 Å². The highest BCUT2D eigenvalue weighted by atomic mass is 79.9. The van der Waals surface area contributed by atoms with E-state index in [0.29, 0.717) is 6.04 Å². The summed E-state index contributed by atoms with van der Waals surface area (Å²) < 4.78 is 1.11. The Morgan fingerprint density at radius 2 is 2.16 bits per heavy atom. The predicted molar refractivity (Wildman–Crippen MR) is 83.6 cm³/mol. The monoisotopic (exact) mass is 339 g/mol. The lowest BCUT2D eigenvalue weighted by atomic mass is 10.2. The van der Waals surface area contributed by atoms with Crippen LogP contribution in [-0.2, 0) is 6.42 Å². The van der Waals surface area contributed by atoms with Gasteiger partial charge in [-0.2, -0.15) is 0 Å². The summed E-state index contributed by atoms with van der Waals surface area (Å²) in [5.41, 5.74) is 1.26. The zero-order valence-corrected chi connectivity index (χ0v) is 13.6. The summed E-state index contributed by atoms with van der Waals surface area (Å²) in [5.74, 6) is 0. The van der Waals surface area contributed by atoms with Gasteiger partial charge in [-0.05, 0) is 30.7 Å². The van der Waals surface area contributed by atoms with Crippen LogP contribution >= 0.6 is 27.3 Å². The molecule has 0 radical (unpaired) electrons. The third-order valence-electron chi connectivity index (χ3n) is 2.88. The maximum atomic E-state index is 4.32. The molecule has 1 N–H and O–H groups in total. The Kier molecular flexibility index (Phi) is 5.48. The van der Waals surface area contributed by atoms with E-state index in [1.165, 1.54) is 5.56 Å². The minimum Gasteiger partial charge on any atom is -0.308 e. The van der Waals surface area contributed by atoms with Gasteiger partial charge in [0.25, 0.3) is 0 Å². The van der Waals surface area contributed by atoms with Gasteiger partial charge in [-0.1, -0.05) is 53.2 Å². The molecular formula is C14H18BrN3S. The van der Waals surface area contributed by atoms with E-state index < -0.39 is 0 Å². The first kappa shape index (κ1) is 14.6. The van der Waals surface area contributed by atoms with Crippen molar-refractivity contribution < 1.29 is 0 Å². The molecule has 0 spiro atoms. The van der Waals surface area contributed by atoms with Gasteiger partial charge in [0.2, 0.25) is 0 Å². The Balaban J connectivity index is 2.08. The SMILES string of the molecule is CCNC(CC)c1nnc(Cc2cccc(Br)c2)s1.